The fourth-order valence-corrected chi connectivity index (χ4v) is 2.99. The number of hydrogen-bond acceptors (Lipinski definition) is 4. The van der Waals surface area contributed by atoms with Crippen LogP contribution in [0.2, 0.25) is 0 Å². The minimum atomic E-state index is -0.993. The lowest BCUT2D eigenvalue weighted by molar-refractivity contribution is -0.139. The number of aliphatic carboxylic acids is 1. The van der Waals surface area contributed by atoms with Crippen LogP contribution in [-0.4, -0.2) is 28.3 Å². The van der Waals surface area contributed by atoms with E-state index in [-0.39, 0.29) is 24.4 Å². The van der Waals surface area contributed by atoms with E-state index in [1.807, 2.05) is 27.7 Å². The summed E-state index contributed by atoms with van der Waals surface area (Å²) in [7, 11) is 0. The number of carbonyl (C=O) groups is 1. The number of rotatable bonds is 3. The Bertz CT molecular complexity index is 588. The topological polar surface area (TPSA) is 92.8 Å². The first-order valence-electron chi connectivity index (χ1n) is 7.20. The molecule has 1 aliphatic rings. The van der Waals surface area contributed by atoms with E-state index < -0.39 is 12.0 Å². The summed E-state index contributed by atoms with van der Waals surface area (Å²) in [6.45, 7) is 7.62. The Labute approximate surface area is 136 Å². The number of nitrogens with two attached hydrogens (primary N) is 1. The number of carboxylic acids is 1. The van der Waals surface area contributed by atoms with Crippen LogP contribution in [0.1, 0.15) is 35.6 Å². The molecular weight excluding hydrogens is 306 g/mol. The van der Waals surface area contributed by atoms with Crippen molar-refractivity contribution in [2.24, 2.45) is 11.7 Å². The third-order valence-corrected chi connectivity index (χ3v) is 4.65. The van der Waals surface area contributed by atoms with Crippen LogP contribution in [0, 0.1) is 26.7 Å². The van der Waals surface area contributed by atoms with Crippen LogP contribution < -0.4 is 10.5 Å². The smallest absolute Gasteiger partial charge is 0.320 e. The molecule has 1 aliphatic heterocycles. The number of phenolic OH excluding ortho intramolecular Hbond substituents is 1. The fraction of sp³-hybridized carbons (Fsp3) is 0.562. The van der Waals surface area contributed by atoms with E-state index in [4.69, 9.17) is 15.6 Å². The number of ether oxygens (including phenoxy) is 1. The number of aromatic hydroxyl groups is 1. The third-order valence-electron chi connectivity index (χ3n) is 4.65. The lowest BCUT2D eigenvalue weighted by Crippen LogP contribution is -2.39. The number of fused-ring (bicyclic) bond motifs is 1. The highest BCUT2D eigenvalue weighted by molar-refractivity contribution is 5.85. The molecule has 4 N–H and O–H groups in total. The molecule has 0 radical (unpaired) electrons. The van der Waals surface area contributed by atoms with Gasteiger partial charge in [-0.1, -0.05) is 0 Å². The molecule has 2 unspecified atom stereocenters. The molecule has 6 heteroatoms. The van der Waals surface area contributed by atoms with Gasteiger partial charge in [0.05, 0.1) is 6.10 Å². The molecular formula is C16H24ClNO4. The minimum Gasteiger partial charge on any atom is -0.507 e. The molecule has 0 aromatic heterocycles. The Morgan fingerprint density at radius 3 is 2.45 bits per heavy atom. The highest BCUT2D eigenvalue weighted by atomic mass is 35.5. The molecule has 0 spiro atoms. The van der Waals surface area contributed by atoms with Crippen molar-refractivity contribution in [2.75, 3.05) is 0 Å². The zero-order valence-electron chi connectivity index (χ0n) is 13.3. The molecule has 1 heterocycles. The monoisotopic (exact) mass is 329 g/mol. The molecule has 0 saturated carbocycles. The number of benzene rings is 1. The van der Waals surface area contributed by atoms with E-state index in [0.717, 1.165) is 28.0 Å². The zero-order valence-corrected chi connectivity index (χ0v) is 14.2. The zero-order chi connectivity index (χ0) is 15.9. The van der Waals surface area contributed by atoms with Gasteiger partial charge in [0.15, 0.2) is 0 Å². The number of carboxylic acid groups (broad SMARTS) is 1. The maximum absolute atomic E-state index is 10.9. The normalized spacial score (nSPS) is 21.3. The van der Waals surface area contributed by atoms with Gasteiger partial charge >= 0.3 is 5.97 Å². The van der Waals surface area contributed by atoms with E-state index >= 15 is 0 Å². The Kier molecular flexibility index (Phi) is 5.70. The van der Waals surface area contributed by atoms with Crippen LogP contribution in [0.25, 0.3) is 0 Å². The standard InChI is InChI=1S/C16H23NO4.ClH/c1-7-8(2)15-12(9(3)14(7)18)5-11(10(4)21-15)6-13(17)16(19)20;/h10-11,13,18H,5-6,17H2,1-4H3,(H,19,20);1H/t10?,11?,13-;/m0./s1. The van der Waals surface area contributed by atoms with Crippen LogP contribution in [-0.2, 0) is 11.2 Å². The fourth-order valence-electron chi connectivity index (χ4n) is 2.99. The van der Waals surface area contributed by atoms with Crippen molar-refractivity contribution in [2.45, 2.75) is 52.7 Å². The Balaban J connectivity index is 0.00000242. The van der Waals surface area contributed by atoms with Crippen LogP contribution in [0.15, 0.2) is 0 Å². The molecule has 0 saturated heterocycles. The summed E-state index contributed by atoms with van der Waals surface area (Å²) in [4.78, 5) is 10.9. The molecule has 1 aromatic carbocycles. The van der Waals surface area contributed by atoms with Gasteiger partial charge in [-0.25, -0.2) is 0 Å². The Morgan fingerprint density at radius 2 is 1.91 bits per heavy atom. The third kappa shape index (κ3) is 3.15. The average Bonchev–Trinajstić information content (AvgIpc) is 2.44. The van der Waals surface area contributed by atoms with Crippen LogP contribution in [0.3, 0.4) is 0 Å². The van der Waals surface area contributed by atoms with Gasteiger partial charge in [0.25, 0.3) is 0 Å². The van der Waals surface area contributed by atoms with E-state index in [1.165, 1.54) is 0 Å². The van der Waals surface area contributed by atoms with Crippen LogP contribution >= 0.6 is 12.4 Å². The van der Waals surface area contributed by atoms with Gasteiger partial charge in [0, 0.05) is 11.5 Å². The highest BCUT2D eigenvalue weighted by Gasteiger charge is 2.33. The van der Waals surface area contributed by atoms with Gasteiger partial charge in [0.2, 0.25) is 0 Å². The van der Waals surface area contributed by atoms with Crippen molar-refractivity contribution in [1.82, 2.24) is 0 Å². The van der Waals surface area contributed by atoms with Crippen molar-refractivity contribution in [1.29, 1.82) is 0 Å². The average molecular weight is 330 g/mol. The van der Waals surface area contributed by atoms with E-state index in [2.05, 4.69) is 0 Å². The molecule has 22 heavy (non-hydrogen) atoms. The van der Waals surface area contributed by atoms with Gasteiger partial charge in [-0.05, 0) is 57.2 Å². The summed E-state index contributed by atoms with van der Waals surface area (Å²) in [6.07, 6.45) is 0.950. The van der Waals surface area contributed by atoms with Crippen molar-refractivity contribution in [3.05, 3.63) is 22.3 Å². The number of hydrogen-bond donors (Lipinski definition) is 3. The summed E-state index contributed by atoms with van der Waals surface area (Å²) in [6, 6.07) is -0.886. The predicted octanol–water partition coefficient (Wildman–Crippen LogP) is 2.48. The van der Waals surface area contributed by atoms with Gasteiger partial charge in [-0.3, -0.25) is 4.79 Å². The maximum Gasteiger partial charge on any atom is 0.320 e. The summed E-state index contributed by atoms with van der Waals surface area (Å²) in [5.74, 6) is 0.164. The molecule has 5 nitrogen and oxygen atoms in total. The van der Waals surface area contributed by atoms with E-state index in [1.54, 1.807) is 0 Å². The quantitative estimate of drug-likeness (QED) is 0.792. The summed E-state index contributed by atoms with van der Waals surface area (Å²) in [5, 5.41) is 19.2. The van der Waals surface area contributed by atoms with Crippen molar-refractivity contribution >= 4 is 18.4 Å². The lowest BCUT2D eigenvalue weighted by atomic mass is 9.83. The Hall–Kier alpha value is -1.46. The second-order valence-corrected chi connectivity index (χ2v) is 6.00. The van der Waals surface area contributed by atoms with E-state index in [0.29, 0.717) is 18.6 Å². The lowest BCUT2D eigenvalue weighted by Gasteiger charge is -2.35. The van der Waals surface area contributed by atoms with E-state index in [9.17, 15) is 9.90 Å². The molecule has 2 rings (SSSR count). The predicted molar refractivity (Wildman–Crippen MR) is 87.1 cm³/mol. The number of halogens is 1. The second-order valence-electron chi connectivity index (χ2n) is 6.00. The molecule has 124 valence electrons. The molecule has 0 aliphatic carbocycles. The van der Waals surface area contributed by atoms with Gasteiger partial charge in [-0.2, -0.15) is 0 Å². The van der Waals surface area contributed by atoms with Crippen LogP contribution in [0.5, 0.6) is 11.5 Å². The molecule has 0 amide bonds. The highest BCUT2D eigenvalue weighted by Crippen LogP contribution is 2.42. The molecule has 1 aromatic rings. The first-order chi connectivity index (χ1) is 9.73. The van der Waals surface area contributed by atoms with Crippen molar-refractivity contribution in [3.63, 3.8) is 0 Å². The first-order valence-corrected chi connectivity index (χ1v) is 7.20. The molecule has 3 atom stereocenters. The first kappa shape index (κ1) is 18.6. The number of phenols is 1. The van der Waals surface area contributed by atoms with Gasteiger partial charge < -0.3 is 20.7 Å². The molecule has 0 bridgehead atoms. The van der Waals surface area contributed by atoms with Crippen molar-refractivity contribution < 1.29 is 19.7 Å². The summed E-state index contributed by atoms with van der Waals surface area (Å²) < 4.78 is 6.01. The summed E-state index contributed by atoms with van der Waals surface area (Å²) >= 11 is 0. The second kappa shape index (κ2) is 6.75. The van der Waals surface area contributed by atoms with Gasteiger partial charge in [-0.15, -0.1) is 12.4 Å². The van der Waals surface area contributed by atoms with Gasteiger partial charge in [0.1, 0.15) is 17.5 Å². The summed E-state index contributed by atoms with van der Waals surface area (Å²) in [5.41, 5.74) is 9.21. The maximum atomic E-state index is 10.9. The Morgan fingerprint density at radius 1 is 1.32 bits per heavy atom. The van der Waals surface area contributed by atoms with Crippen molar-refractivity contribution in [3.8, 4) is 11.5 Å². The SMILES string of the molecule is Cc1c(C)c2c(c(C)c1O)CC(C[C@H](N)C(=O)O)C(C)O2.Cl. The van der Waals surface area contributed by atoms with Crippen LogP contribution in [0.4, 0.5) is 0 Å². The largest absolute Gasteiger partial charge is 0.507 e. The molecule has 0 fully saturated rings. The minimum absolute atomic E-state index is 0.